The second kappa shape index (κ2) is 5.46. The first-order valence-electron chi connectivity index (χ1n) is 6.80. The van der Waals surface area contributed by atoms with Crippen molar-refractivity contribution in [3.63, 3.8) is 0 Å². The average Bonchev–Trinajstić information content (AvgIpc) is 3.17. The molecule has 1 fully saturated rings. The zero-order valence-electron chi connectivity index (χ0n) is 11.1. The lowest BCUT2D eigenvalue weighted by Gasteiger charge is -2.21. The predicted molar refractivity (Wildman–Crippen MR) is 74.7 cm³/mol. The number of imidazole rings is 1. The Hall–Kier alpha value is -2.14. The van der Waals surface area contributed by atoms with Crippen molar-refractivity contribution in [3.8, 4) is 5.69 Å². The molecule has 5 nitrogen and oxygen atoms in total. The second-order valence-corrected chi connectivity index (χ2v) is 4.97. The van der Waals surface area contributed by atoms with Crippen LogP contribution in [0.4, 0.5) is 0 Å². The maximum atomic E-state index is 12.5. The minimum Gasteiger partial charge on any atom is -0.395 e. The topological polar surface area (TPSA) is 58.4 Å². The fourth-order valence-electron chi connectivity index (χ4n) is 2.32. The van der Waals surface area contributed by atoms with Crippen LogP contribution < -0.4 is 0 Å². The minimum absolute atomic E-state index is 0.00342. The summed E-state index contributed by atoms with van der Waals surface area (Å²) in [5.74, 6) is -0.0106. The highest BCUT2D eigenvalue weighted by atomic mass is 16.3. The molecule has 0 aliphatic heterocycles. The molecule has 1 saturated carbocycles. The van der Waals surface area contributed by atoms with Crippen LogP contribution in [0.1, 0.15) is 23.2 Å². The van der Waals surface area contributed by atoms with Gasteiger partial charge in [-0.3, -0.25) is 4.79 Å². The van der Waals surface area contributed by atoms with Crippen molar-refractivity contribution in [2.45, 2.75) is 18.9 Å². The molecular weight excluding hydrogens is 254 g/mol. The average molecular weight is 271 g/mol. The lowest BCUT2D eigenvalue weighted by molar-refractivity contribution is 0.0707. The Kier molecular flexibility index (Phi) is 3.52. The number of nitrogens with zero attached hydrogens (tertiary/aromatic N) is 3. The van der Waals surface area contributed by atoms with Crippen LogP contribution in [0.5, 0.6) is 0 Å². The van der Waals surface area contributed by atoms with Crippen molar-refractivity contribution in [1.29, 1.82) is 0 Å². The number of carbonyl (C=O) groups is 1. The summed E-state index contributed by atoms with van der Waals surface area (Å²) < 4.78 is 1.87. The molecule has 1 aliphatic carbocycles. The first-order valence-corrected chi connectivity index (χ1v) is 6.80. The number of hydrogen-bond acceptors (Lipinski definition) is 3. The molecule has 0 spiro atoms. The van der Waals surface area contributed by atoms with Crippen molar-refractivity contribution in [2.24, 2.45) is 0 Å². The molecule has 3 rings (SSSR count). The highest BCUT2D eigenvalue weighted by Crippen LogP contribution is 2.28. The van der Waals surface area contributed by atoms with Gasteiger partial charge in [-0.05, 0) is 31.0 Å². The van der Waals surface area contributed by atoms with E-state index in [-0.39, 0.29) is 12.5 Å². The number of aliphatic hydroxyl groups excluding tert-OH is 1. The third-order valence-corrected chi connectivity index (χ3v) is 3.49. The maximum absolute atomic E-state index is 12.5. The predicted octanol–water partition coefficient (Wildman–Crippen LogP) is 1.47. The van der Waals surface area contributed by atoms with Gasteiger partial charge in [-0.25, -0.2) is 4.98 Å². The zero-order chi connectivity index (χ0) is 13.9. The van der Waals surface area contributed by atoms with Crippen LogP contribution >= 0.6 is 0 Å². The summed E-state index contributed by atoms with van der Waals surface area (Å²) in [5, 5.41) is 9.11. The summed E-state index contributed by atoms with van der Waals surface area (Å²) >= 11 is 0. The van der Waals surface area contributed by atoms with Gasteiger partial charge in [0.1, 0.15) is 0 Å². The first kappa shape index (κ1) is 12.9. The van der Waals surface area contributed by atoms with Gasteiger partial charge in [-0.2, -0.15) is 0 Å². The SMILES string of the molecule is O=C(c1cccc(-n2ccnc2)c1)N(CCO)C1CC1. The Labute approximate surface area is 117 Å². The smallest absolute Gasteiger partial charge is 0.254 e. The summed E-state index contributed by atoms with van der Waals surface area (Å²) in [5.41, 5.74) is 1.56. The van der Waals surface area contributed by atoms with Crippen molar-refractivity contribution < 1.29 is 9.90 Å². The van der Waals surface area contributed by atoms with Crippen LogP contribution in [-0.4, -0.2) is 44.7 Å². The highest BCUT2D eigenvalue weighted by molar-refractivity contribution is 5.95. The van der Waals surface area contributed by atoms with E-state index in [1.807, 2.05) is 35.0 Å². The molecule has 0 bridgehead atoms. The van der Waals surface area contributed by atoms with Crippen LogP contribution in [0, 0.1) is 0 Å². The van der Waals surface area contributed by atoms with E-state index in [1.54, 1.807) is 17.4 Å². The third-order valence-electron chi connectivity index (χ3n) is 3.49. The Bertz CT molecular complexity index is 591. The molecule has 0 unspecified atom stereocenters. The number of hydrogen-bond donors (Lipinski definition) is 1. The quantitative estimate of drug-likeness (QED) is 0.896. The molecule has 0 radical (unpaired) electrons. The summed E-state index contributed by atoms with van der Waals surface area (Å²) in [6, 6.07) is 7.77. The van der Waals surface area contributed by atoms with Crippen LogP contribution in [0.25, 0.3) is 5.69 Å². The molecule has 1 aromatic heterocycles. The zero-order valence-corrected chi connectivity index (χ0v) is 11.1. The highest BCUT2D eigenvalue weighted by Gasteiger charge is 2.32. The number of benzene rings is 1. The summed E-state index contributed by atoms with van der Waals surface area (Å²) in [4.78, 5) is 18.3. The largest absolute Gasteiger partial charge is 0.395 e. The lowest BCUT2D eigenvalue weighted by atomic mass is 10.1. The van der Waals surface area contributed by atoms with Crippen molar-refractivity contribution in [3.05, 3.63) is 48.5 Å². The number of aromatic nitrogens is 2. The second-order valence-electron chi connectivity index (χ2n) is 4.97. The van der Waals surface area contributed by atoms with E-state index in [9.17, 15) is 4.79 Å². The molecule has 1 N–H and O–H groups in total. The summed E-state index contributed by atoms with van der Waals surface area (Å²) in [6.07, 6.45) is 7.32. The Morgan fingerprint density at radius 2 is 2.30 bits per heavy atom. The number of rotatable bonds is 5. The molecule has 1 amide bonds. The first-order chi connectivity index (χ1) is 9.79. The summed E-state index contributed by atoms with van der Waals surface area (Å²) in [6.45, 7) is 0.405. The van der Waals surface area contributed by atoms with E-state index in [2.05, 4.69) is 4.98 Å². The molecule has 5 heteroatoms. The molecular formula is C15H17N3O2. The standard InChI is InChI=1S/C15H17N3O2/c19-9-8-18(13-4-5-13)15(20)12-2-1-3-14(10-12)17-7-6-16-11-17/h1-3,6-7,10-11,13,19H,4-5,8-9H2. The van der Waals surface area contributed by atoms with E-state index >= 15 is 0 Å². The molecule has 1 heterocycles. The number of aliphatic hydroxyl groups is 1. The van der Waals surface area contributed by atoms with Gasteiger partial charge in [0.2, 0.25) is 0 Å². The molecule has 0 atom stereocenters. The third kappa shape index (κ3) is 2.58. The Balaban J connectivity index is 1.85. The van der Waals surface area contributed by atoms with Crippen LogP contribution in [0.2, 0.25) is 0 Å². The van der Waals surface area contributed by atoms with Gasteiger partial charge in [0.25, 0.3) is 5.91 Å². The van der Waals surface area contributed by atoms with Gasteiger partial charge in [0, 0.05) is 36.2 Å². The Morgan fingerprint density at radius 3 is 2.95 bits per heavy atom. The number of carbonyl (C=O) groups excluding carboxylic acids is 1. The van der Waals surface area contributed by atoms with E-state index < -0.39 is 0 Å². The molecule has 20 heavy (non-hydrogen) atoms. The van der Waals surface area contributed by atoms with Crippen LogP contribution in [-0.2, 0) is 0 Å². The summed E-state index contributed by atoms with van der Waals surface area (Å²) in [7, 11) is 0. The van der Waals surface area contributed by atoms with Gasteiger partial charge >= 0.3 is 0 Å². The van der Waals surface area contributed by atoms with E-state index in [0.29, 0.717) is 18.2 Å². The maximum Gasteiger partial charge on any atom is 0.254 e. The van der Waals surface area contributed by atoms with Crippen LogP contribution in [0.3, 0.4) is 0 Å². The molecule has 2 aromatic rings. The van der Waals surface area contributed by atoms with E-state index in [1.165, 1.54) is 0 Å². The fraction of sp³-hybridized carbons (Fsp3) is 0.333. The molecule has 1 aliphatic rings. The number of amides is 1. The van der Waals surface area contributed by atoms with Crippen molar-refractivity contribution >= 4 is 5.91 Å². The minimum atomic E-state index is -0.0106. The monoisotopic (exact) mass is 271 g/mol. The van der Waals surface area contributed by atoms with Gasteiger partial charge in [-0.1, -0.05) is 6.07 Å². The van der Waals surface area contributed by atoms with Gasteiger partial charge in [0.05, 0.1) is 12.9 Å². The van der Waals surface area contributed by atoms with Gasteiger partial charge < -0.3 is 14.6 Å². The van der Waals surface area contributed by atoms with E-state index in [4.69, 9.17) is 5.11 Å². The van der Waals surface area contributed by atoms with Crippen molar-refractivity contribution in [2.75, 3.05) is 13.2 Å². The van der Waals surface area contributed by atoms with Gasteiger partial charge in [0.15, 0.2) is 0 Å². The molecule has 104 valence electrons. The fourth-order valence-corrected chi connectivity index (χ4v) is 2.32. The van der Waals surface area contributed by atoms with Crippen molar-refractivity contribution in [1.82, 2.24) is 14.5 Å². The van der Waals surface area contributed by atoms with Gasteiger partial charge in [-0.15, -0.1) is 0 Å². The molecule has 0 saturated heterocycles. The normalized spacial score (nSPS) is 14.2. The Morgan fingerprint density at radius 1 is 1.45 bits per heavy atom. The molecule has 1 aromatic carbocycles. The van der Waals surface area contributed by atoms with Crippen LogP contribution in [0.15, 0.2) is 43.0 Å². The lowest BCUT2D eigenvalue weighted by Crippen LogP contribution is -2.35. The van der Waals surface area contributed by atoms with E-state index in [0.717, 1.165) is 18.5 Å².